The van der Waals surface area contributed by atoms with Gasteiger partial charge in [-0.15, -0.1) is 0 Å². The minimum atomic E-state index is -0.114. The van der Waals surface area contributed by atoms with Crippen molar-refractivity contribution >= 4 is 23.2 Å². The number of benzene rings is 2. The summed E-state index contributed by atoms with van der Waals surface area (Å²) in [5, 5.41) is 2.97. The molecule has 0 saturated carbocycles. The molecule has 0 aromatic heterocycles. The van der Waals surface area contributed by atoms with Crippen LogP contribution in [0, 0.1) is 0 Å². The van der Waals surface area contributed by atoms with E-state index in [1.807, 2.05) is 42.2 Å². The fourth-order valence-electron chi connectivity index (χ4n) is 3.90. The summed E-state index contributed by atoms with van der Waals surface area (Å²) in [6, 6.07) is 16.3. The Morgan fingerprint density at radius 2 is 1.74 bits per heavy atom. The van der Waals surface area contributed by atoms with Gasteiger partial charge < -0.3 is 15.1 Å². The van der Waals surface area contributed by atoms with Crippen LogP contribution in [-0.2, 0) is 16.0 Å². The first-order valence-corrected chi connectivity index (χ1v) is 9.63. The number of anilines is 2. The van der Waals surface area contributed by atoms with Crippen molar-refractivity contribution in [1.82, 2.24) is 4.90 Å². The van der Waals surface area contributed by atoms with E-state index in [9.17, 15) is 9.59 Å². The number of rotatable bonds is 3. The van der Waals surface area contributed by atoms with Crippen LogP contribution in [0.3, 0.4) is 0 Å². The van der Waals surface area contributed by atoms with Crippen LogP contribution in [-0.4, -0.2) is 42.9 Å². The number of carbonyl (C=O) groups excluding carboxylic acids is 2. The van der Waals surface area contributed by atoms with Crippen LogP contribution in [0.4, 0.5) is 11.4 Å². The molecule has 4 rings (SSSR count). The average molecular weight is 363 g/mol. The standard InChI is InChI=1S/C22H25N3O2/c1-16(17-5-3-2-4-6-17)22(27)25-13-11-24(12-14-25)19-9-7-18-8-10-21(26)23-20(18)15-19/h2-7,9,15-16H,8,10-14H2,1H3,(H,23,26). The molecule has 1 saturated heterocycles. The number of hydrogen-bond donors (Lipinski definition) is 1. The zero-order valence-electron chi connectivity index (χ0n) is 15.6. The van der Waals surface area contributed by atoms with Crippen LogP contribution in [0.1, 0.15) is 30.4 Å². The maximum Gasteiger partial charge on any atom is 0.229 e. The second-order valence-electron chi connectivity index (χ2n) is 7.33. The van der Waals surface area contributed by atoms with E-state index in [2.05, 4.69) is 28.4 Å². The summed E-state index contributed by atoms with van der Waals surface area (Å²) in [4.78, 5) is 28.7. The Kier molecular flexibility index (Phi) is 4.84. The average Bonchev–Trinajstić information content (AvgIpc) is 2.73. The molecule has 5 nitrogen and oxygen atoms in total. The molecule has 1 unspecified atom stereocenters. The van der Waals surface area contributed by atoms with Crippen LogP contribution < -0.4 is 10.2 Å². The van der Waals surface area contributed by atoms with Crippen LogP contribution in [0.25, 0.3) is 0 Å². The highest BCUT2D eigenvalue weighted by Crippen LogP contribution is 2.29. The van der Waals surface area contributed by atoms with Crippen molar-refractivity contribution in [2.45, 2.75) is 25.7 Å². The largest absolute Gasteiger partial charge is 0.368 e. The van der Waals surface area contributed by atoms with Gasteiger partial charge in [0.2, 0.25) is 11.8 Å². The van der Waals surface area contributed by atoms with E-state index >= 15 is 0 Å². The molecule has 1 N–H and O–H groups in total. The lowest BCUT2D eigenvalue weighted by molar-refractivity contribution is -0.132. The summed E-state index contributed by atoms with van der Waals surface area (Å²) in [6.07, 6.45) is 1.37. The molecular weight excluding hydrogens is 338 g/mol. The lowest BCUT2D eigenvalue weighted by Crippen LogP contribution is -2.49. The molecule has 2 amide bonds. The van der Waals surface area contributed by atoms with Gasteiger partial charge in [0, 0.05) is 44.0 Å². The molecule has 2 aromatic carbocycles. The second kappa shape index (κ2) is 7.43. The highest BCUT2D eigenvalue weighted by Gasteiger charge is 2.26. The highest BCUT2D eigenvalue weighted by atomic mass is 16.2. The predicted octanol–water partition coefficient (Wildman–Crippen LogP) is 3.02. The fraction of sp³-hybridized carbons (Fsp3) is 0.364. The zero-order valence-corrected chi connectivity index (χ0v) is 15.6. The Balaban J connectivity index is 1.40. The Bertz CT molecular complexity index is 842. The quantitative estimate of drug-likeness (QED) is 0.912. The van der Waals surface area contributed by atoms with E-state index in [0.29, 0.717) is 6.42 Å². The van der Waals surface area contributed by atoms with Crippen LogP contribution >= 0.6 is 0 Å². The van der Waals surface area contributed by atoms with Gasteiger partial charge in [0.25, 0.3) is 0 Å². The first-order chi connectivity index (χ1) is 13.1. The van der Waals surface area contributed by atoms with E-state index in [-0.39, 0.29) is 17.7 Å². The van der Waals surface area contributed by atoms with Crippen LogP contribution in [0.2, 0.25) is 0 Å². The third-order valence-electron chi connectivity index (χ3n) is 5.62. The summed E-state index contributed by atoms with van der Waals surface area (Å²) < 4.78 is 0. The zero-order chi connectivity index (χ0) is 18.8. The van der Waals surface area contributed by atoms with Crippen molar-refractivity contribution in [2.24, 2.45) is 0 Å². The minimum Gasteiger partial charge on any atom is -0.368 e. The van der Waals surface area contributed by atoms with E-state index in [1.54, 1.807) is 0 Å². The van der Waals surface area contributed by atoms with Gasteiger partial charge >= 0.3 is 0 Å². The lowest BCUT2D eigenvalue weighted by atomic mass is 9.99. The Morgan fingerprint density at radius 3 is 2.48 bits per heavy atom. The predicted molar refractivity (Wildman–Crippen MR) is 107 cm³/mol. The Labute approximate surface area is 160 Å². The van der Waals surface area contributed by atoms with Gasteiger partial charge in [0.1, 0.15) is 0 Å². The molecule has 1 fully saturated rings. The molecule has 140 valence electrons. The summed E-state index contributed by atoms with van der Waals surface area (Å²) >= 11 is 0. The first kappa shape index (κ1) is 17.6. The molecule has 0 spiro atoms. The summed E-state index contributed by atoms with van der Waals surface area (Å²) in [5.41, 5.74) is 4.30. The van der Waals surface area contributed by atoms with E-state index in [1.165, 1.54) is 5.56 Å². The van der Waals surface area contributed by atoms with Gasteiger partial charge in [-0.2, -0.15) is 0 Å². The number of nitrogens with one attached hydrogen (secondary N) is 1. The molecule has 2 aromatic rings. The molecule has 2 aliphatic rings. The fourth-order valence-corrected chi connectivity index (χ4v) is 3.90. The highest BCUT2D eigenvalue weighted by molar-refractivity contribution is 5.94. The third kappa shape index (κ3) is 3.68. The number of piperazine rings is 1. The van der Waals surface area contributed by atoms with Gasteiger partial charge in [-0.25, -0.2) is 0 Å². The second-order valence-corrected chi connectivity index (χ2v) is 7.33. The smallest absolute Gasteiger partial charge is 0.229 e. The maximum absolute atomic E-state index is 12.8. The third-order valence-corrected chi connectivity index (χ3v) is 5.62. The summed E-state index contributed by atoms with van der Waals surface area (Å²) in [6.45, 7) is 5.04. The molecule has 0 aliphatic carbocycles. The topological polar surface area (TPSA) is 52.7 Å². The maximum atomic E-state index is 12.8. The minimum absolute atomic E-state index is 0.0879. The van der Waals surface area contributed by atoms with Crippen LogP contribution in [0.15, 0.2) is 48.5 Å². The van der Waals surface area contributed by atoms with Crippen molar-refractivity contribution in [1.29, 1.82) is 0 Å². The van der Waals surface area contributed by atoms with E-state index in [4.69, 9.17) is 0 Å². The Morgan fingerprint density at radius 1 is 1.00 bits per heavy atom. The number of fused-ring (bicyclic) bond motifs is 1. The Hall–Kier alpha value is -2.82. The summed E-state index contributed by atoms with van der Waals surface area (Å²) in [7, 11) is 0. The van der Waals surface area contributed by atoms with Gasteiger partial charge in [-0.3, -0.25) is 9.59 Å². The van der Waals surface area contributed by atoms with Crippen molar-refractivity contribution < 1.29 is 9.59 Å². The first-order valence-electron chi connectivity index (χ1n) is 9.63. The molecule has 0 bridgehead atoms. The molecule has 0 radical (unpaired) electrons. The number of amides is 2. The molecule has 5 heteroatoms. The SMILES string of the molecule is CC(C(=O)N1CCN(c2ccc3c(c2)NC(=O)CC3)CC1)c1ccccc1. The van der Waals surface area contributed by atoms with Gasteiger partial charge in [-0.1, -0.05) is 36.4 Å². The molecule has 1 atom stereocenters. The number of carbonyl (C=O) groups is 2. The lowest BCUT2D eigenvalue weighted by Gasteiger charge is -2.37. The molecule has 2 aliphatic heterocycles. The van der Waals surface area contributed by atoms with E-state index in [0.717, 1.165) is 49.5 Å². The van der Waals surface area contributed by atoms with Crippen LogP contribution in [0.5, 0.6) is 0 Å². The molecule has 2 heterocycles. The summed E-state index contributed by atoms with van der Waals surface area (Å²) in [5.74, 6) is 0.167. The number of nitrogens with zero attached hydrogens (tertiary/aromatic N) is 2. The van der Waals surface area contributed by atoms with Crippen molar-refractivity contribution in [3.63, 3.8) is 0 Å². The van der Waals surface area contributed by atoms with Crippen molar-refractivity contribution in [3.8, 4) is 0 Å². The van der Waals surface area contributed by atoms with Gasteiger partial charge in [0.05, 0.1) is 5.92 Å². The van der Waals surface area contributed by atoms with Gasteiger partial charge in [-0.05, 0) is 36.6 Å². The van der Waals surface area contributed by atoms with E-state index < -0.39 is 0 Å². The molecular formula is C22H25N3O2. The van der Waals surface area contributed by atoms with Crippen molar-refractivity contribution in [2.75, 3.05) is 36.4 Å². The molecule has 27 heavy (non-hydrogen) atoms. The monoisotopic (exact) mass is 363 g/mol. The van der Waals surface area contributed by atoms with Crippen molar-refractivity contribution in [3.05, 3.63) is 59.7 Å². The number of aryl methyl sites for hydroxylation is 1. The van der Waals surface area contributed by atoms with Gasteiger partial charge in [0.15, 0.2) is 0 Å². The normalized spacial score (nSPS) is 17.9. The number of hydrogen-bond acceptors (Lipinski definition) is 3.